The largest absolute Gasteiger partial charge is 0.497 e. The predicted molar refractivity (Wildman–Crippen MR) is 112 cm³/mol. The van der Waals surface area contributed by atoms with Gasteiger partial charge in [0.2, 0.25) is 0 Å². The van der Waals surface area contributed by atoms with Gasteiger partial charge in [0.1, 0.15) is 17.3 Å². The molecule has 0 radical (unpaired) electrons. The second-order valence-corrected chi connectivity index (χ2v) is 8.03. The highest BCUT2D eigenvalue weighted by Gasteiger charge is 2.36. The van der Waals surface area contributed by atoms with Gasteiger partial charge < -0.3 is 9.47 Å². The number of benzene rings is 2. The minimum absolute atomic E-state index is 0.162. The lowest BCUT2D eigenvalue weighted by Crippen LogP contribution is -2.46. The predicted octanol–water partition coefficient (Wildman–Crippen LogP) is 3.32. The highest BCUT2D eigenvalue weighted by Crippen LogP contribution is 2.33. The van der Waals surface area contributed by atoms with Crippen molar-refractivity contribution in [1.82, 2.24) is 15.8 Å². The summed E-state index contributed by atoms with van der Waals surface area (Å²) in [5.41, 5.74) is 9.03. The Kier molecular flexibility index (Phi) is 6.33. The maximum absolute atomic E-state index is 13.7. The number of likely N-dealkylation sites (tertiary alicyclic amines) is 1. The zero-order chi connectivity index (χ0) is 20.2. The number of halogens is 1. The molecule has 2 aromatic rings. The molecule has 2 aliphatic rings. The van der Waals surface area contributed by atoms with Gasteiger partial charge in [0, 0.05) is 43.2 Å². The van der Waals surface area contributed by atoms with E-state index >= 15 is 0 Å². The van der Waals surface area contributed by atoms with E-state index in [0.717, 1.165) is 49.7 Å². The summed E-state index contributed by atoms with van der Waals surface area (Å²) >= 11 is 0. The molecule has 2 N–H and O–H groups in total. The first-order valence-corrected chi connectivity index (χ1v) is 10.3. The number of methoxy groups -OCH3 is 2. The molecule has 0 aliphatic carbocycles. The van der Waals surface area contributed by atoms with Crippen LogP contribution in [0.4, 0.5) is 4.39 Å². The minimum Gasteiger partial charge on any atom is -0.497 e. The summed E-state index contributed by atoms with van der Waals surface area (Å²) in [4.78, 5) is 2.50. The van der Waals surface area contributed by atoms with Gasteiger partial charge in [0.25, 0.3) is 0 Å². The second kappa shape index (κ2) is 9.11. The smallest absolute Gasteiger partial charge is 0.127 e. The Morgan fingerprint density at radius 2 is 2.03 bits per heavy atom. The van der Waals surface area contributed by atoms with E-state index in [1.165, 1.54) is 18.1 Å². The molecule has 6 heteroatoms. The third-order valence-corrected chi connectivity index (χ3v) is 6.24. The monoisotopic (exact) mass is 399 g/mol. The lowest BCUT2D eigenvalue weighted by Gasteiger charge is -2.37. The first-order chi connectivity index (χ1) is 14.2. The topological polar surface area (TPSA) is 45.8 Å². The molecule has 0 aromatic heterocycles. The molecule has 0 amide bonds. The summed E-state index contributed by atoms with van der Waals surface area (Å²) in [6, 6.07) is 13.4. The van der Waals surface area contributed by atoms with Gasteiger partial charge in [-0.05, 0) is 49.1 Å². The van der Waals surface area contributed by atoms with E-state index in [0.29, 0.717) is 12.0 Å². The van der Waals surface area contributed by atoms with Crippen LogP contribution in [0.1, 0.15) is 29.9 Å². The number of ether oxygens (including phenoxy) is 2. The van der Waals surface area contributed by atoms with E-state index < -0.39 is 0 Å². The molecule has 156 valence electrons. The van der Waals surface area contributed by atoms with Gasteiger partial charge >= 0.3 is 0 Å². The van der Waals surface area contributed by atoms with Crippen LogP contribution in [0.5, 0.6) is 11.5 Å². The van der Waals surface area contributed by atoms with Crippen molar-refractivity contribution in [1.29, 1.82) is 0 Å². The fraction of sp³-hybridized carbons (Fsp3) is 0.478. The van der Waals surface area contributed by atoms with E-state index in [4.69, 9.17) is 9.47 Å². The number of hydrogen-bond acceptors (Lipinski definition) is 5. The summed E-state index contributed by atoms with van der Waals surface area (Å²) in [5, 5.41) is 0. The van der Waals surface area contributed by atoms with Crippen molar-refractivity contribution in [2.75, 3.05) is 33.9 Å². The van der Waals surface area contributed by atoms with Crippen LogP contribution in [0.25, 0.3) is 0 Å². The maximum atomic E-state index is 13.7. The molecule has 29 heavy (non-hydrogen) atoms. The molecule has 2 aliphatic heterocycles. The molecule has 0 spiro atoms. The first-order valence-electron chi connectivity index (χ1n) is 10.3. The Morgan fingerprint density at radius 1 is 1.14 bits per heavy atom. The van der Waals surface area contributed by atoms with E-state index in [1.54, 1.807) is 20.3 Å². The maximum Gasteiger partial charge on any atom is 0.127 e. The van der Waals surface area contributed by atoms with E-state index in [9.17, 15) is 4.39 Å². The lowest BCUT2D eigenvalue weighted by molar-refractivity contribution is 0.138. The fourth-order valence-electron chi connectivity index (χ4n) is 4.77. The summed E-state index contributed by atoms with van der Waals surface area (Å²) < 4.78 is 24.6. The van der Waals surface area contributed by atoms with E-state index in [-0.39, 0.29) is 11.7 Å². The highest BCUT2D eigenvalue weighted by molar-refractivity contribution is 5.40. The van der Waals surface area contributed by atoms with Crippen LogP contribution in [0.15, 0.2) is 42.5 Å². The van der Waals surface area contributed by atoms with Crippen molar-refractivity contribution in [2.45, 2.75) is 31.3 Å². The van der Waals surface area contributed by atoms with Crippen LogP contribution in [-0.4, -0.2) is 44.8 Å². The molecule has 2 saturated heterocycles. The SMILES string of the molecule is COc1ccc(CN2CCCC(C3NNCC3c3cccc(F)c3)C2)c(OC)c1. The first kappa shape index (κ1) is 20.1. The Balaban J connectivity index is 1.45. The molecule has 3 atom stereocenters. The van der Waals surface area contributed by atoms with Crippen molar-refractivity contribution in [3.8, 4) is 11.5 Å². The van der Waals surface area contributed by atoms with Crippen LogP contribution >= 0.6 is 0 Å². The molecule has 2 fully saturated rings. The van der Waals surface area contributed by atoms with E-state index in [1.807, 2.05) is 24.3 Å². The average Bonchev–Trinajstić information content (AvgIpc) is 3.24. The van der Waals surface area contributed by atoms with Crippen LogP contribution in [0.2, 0.25) is 0 Å². The number of nitrogens with zero attached hydrogens (tertiary/aromatic N) is 1. The fourth-order valence-corrected chi connectivity index (χ4v) is 4.77. The summed E-state index contributed by atoms with van der Waals surface area (Å²) in [5.74, 6) is 2.30. The Hall–Kier alpha value is -2.15. The van der Waals surface area contributed by atoms with Gasteiger partial charge in [-0.25, -0.2) is 4.39 Å². The van der Waals surface area contributed by atoms with Gasteiger partial charge in [0.15, 0.2) is 0 Å². The molecule has 0 bridgehead atoms. The average molecular weight is 400 g/mol. The molecular weight excluding hydrogens is 369 g/mol. The third-order valence-electron chi connectivity index (χ3n) is 6.24. The Labute approximate surface area is 172 Å². The number of piperidine rings is 1. The zero-order valence-electron chi connectivity index (χ0n) is 17.2. The molecule has 5 nitrogen and oxygen atoms in total. The number of hydrogen-bond donors (Lipinski definition) is 2. The van der Waals surface area contributed by atoms with Crippen molar-refractivity contribution in [2.24, 2.45) is 5.92 Å². The number of rotatable bonds is 6. The van der Waals surface area contributed by atoms with Crippen LogP contribution < -0.4 is 20.3 Å². The summed E-state index contributed by atoms with van der Waals surface area (Å²) in [6.45, 7) is 3.78. The molecule has 2 heterocycles. The number of hydrazine groups is 1. The van der Waals surface area contributed by atoms with Crippen LogP contribution in [0, 0.1) is 11.7 Å². The molecule has 0 saturated carbocycles. The molecule has 3 unspecified atom stereocenters. The van der Waals surface area contributed by atoms with Crippen LogP contribution in [0.3, 0.4) is 0 Å². The number of nitrogens with one attached hydrogen (secondary N) is 2. The van der Waals surface area contributed by atoms with Gasteiger partial charge in [-0.1, -0.05) is 18.2 Å². The Bertz CT molecular complexity index is 832. The zero-order valence-corrected chi connectivity index (χ0v) is 17.2. The molecule has 4 rings (SSSR count). The van der Waals surface area contributed by atoms with Gasteiger partial charge in [-0.15, -0.1) is 0 Å². The third kappa shape index (κ3) is 4.55. The van der Waals surface area contributed by atoms with Crippen LogP contribution in [-0.2, 0) is 6.54 Å². The van der Waals surface area contributed by atoms with Crippen molar-refractivity contribution < 1.29 is 13.9 Å². The summed E-state index contributed by atoms with van der Waals surface area (Å²) in [7, 11) is 3.37. The minimum atomic E-state index is -0.162. The summed E-state index contributed by atoms with van der Waals surface area (Å²) in [6.07, 6.45) is 2.35. The van der Waals surface area contributed by atoms with Crippen molar-refractivity contribution >= 4 is 0 Å². The molecule has 2 aromatic carbocycles. The molecular formula is C23H30FN3O2. The van der Waals surface area contributed by atoms with Crippen molar-refractivity contribution in [3.05, 3.63) is 59.4 Å². The lowest BCUT2D eigenvalue weighted by atomic mass is 9.81. The van der Waals surface area contributed by atoms with Crippen molar-refractivity contribution in [3.63, 3.8) is 0 Å². The van der Waals surface area contributed by atoms with Gasteiger partial charge in [-0.3, -0.25) is 15.8 Å². The normalized spacial score (nSPS) is 25.1. The van der Waals surface area contributed by atoms with Gasteiger partial charge in [0.05, 0.1) is 14.2 Å². The highest BCUT2D eigenvalue weighted by atomic mass is 19.1. The quantitative estimate of drug-likeness (QED) is 0.780. The standard InChI is InChI=1S/C23H30FN3O2/c1-28-20-9-8-17(22(12-20)29-2)14-27-10-4-6-18(15-27)23-21(13-25-26-23)16-5-3-7-19(24)11-16/h3,5,7-9,11-12,18,21,23,25-26H,4,6,10,13-15H2,1-2H3. The van der Waals surface area contributed by atoms with Gasteiger partial charge in [-0.2, -0.15) is 0 Å². The Morgan fingerprint density at radius 3 is 2.83 bits per heavy atom. The second-order valence-electron chi connectivity index (χ2n) is 8.03. The van der Waals surface area contributed by atoms with E-state index in [2.05, 4.69) is 21.8 Å².